The van der Waals surface area contributed by atoms with Crippen molar-refractivity contribution in [3.63, 3.8) is 0 Å². The van der Waals surface area contributed by atoms with Crippen LogP contribution >= 0.6 is 0 Å². The first kappa shape index (κ1) is 52.1. The number of carbonyl (C=O) groups is 2. The maximum absolute atomic E-state index is 14.3. The summed E-state index contributed by atoms with van der Waals surface area (Å²) in [7, 11) is -2.37. The molecule has 5 aromatic carbocycles. The molecule has 10 rings (SSSR count). The second kappa shape index (κ2) is 21.0. The van der Waals surface area contributed by atoms with Crippen molar-refractivity contribution in [1.29, 1.82) is 0 Å². The molecular weight excluding hydrogens is 1000 g/mol. The van der Waals surface area contributed by atoms with Gasteiger partial charge in [0.2, 0.25) is 31.9 Å². The monoisotopic (exact) mass is 1060 g/mol. The molecule has 76 heavy (non-hydrogen) atoms. The number of likely N-dealkylation sites (N-methyl/N-ethyl adjacent to an activating group) is 4. The molecule has 3 aromatic heterocycles. The largest absolute Gasteiger partial charge is 0.371 e. The minimum absolute atomic E-state index is 0.0234. The number of fused-ring (bicyclic) bond motifs is 2. The molecule has 394 valence electrons. The number of hydrogen-bond donors (Lipinski definition) is 2. The average molecular weight is 1060 g/mol. The number of pyridine rings is 1. The standard InChI is InChI=1S/C58H62FN9O6S2/c1-38-15-16-40-29-53(61-51(40)27-38)49-31-46(76(73,74)65(5)37-58(70)66(6)44-14-11-12-42(59)30-44)18-20-56(49)68-25-21-41(34-68)47-26-39(2)28-52-48(47)33-54(62-52)50-32-45(17-19-55(50)67-23-9-10-24-67)75(71,72)64(4)36-57(69)63(3)35-43-13-7-8-22-60-43/h7-8,11-20,22,26-33,41,61-62H,9-10,21,23-25,34-37H2,1-6H3. The van der Waals surface area contributed by atoms with Gasteiger partial charge in [-0.15, -0.1) is 0 Å². The third-order valence-electron chi connectivity index (χ3n) is 14.9. The Bertz CT molecular complexity index is 3750. The molecule has 2 saturated heterocycles. The molecule has 18 heteroatoms. The molecule has 2 aliphatic rings. The van der Waals surface area contributed by atoms with Crippen LogP contribution in [-0.2, 0) is 36.2 Å². The molecule has 2 fully saturated rings. The van der Waals surface area contributed by atoms with Crippen molar-refractivity contribution in [1.82, 2.24) is 28.5 Å². The van der Waals surface area contributed by atoms with E-state index in [1.165, 1.54) is 49.1 Å². The summed E-state index contributed by atoms with van der Waals surface area (Å²) in [5.41, 5.74) is 10.9. The van der Waals surface area contributed by atoms with E-state index in [0.29, 0.717) is 30.0 Å². The number of hydrogen-bond acceptors (Lipinski definition) is 9. The molecule has 5 heterocycles. The Morgan fingerprint density at radius 1 is 0.658 bits per heavy atom. The molecule has 2 amide bonds. The number of aromatic nitrogens is 3. The van der Waals surface area contributed by atoms with Crippen LogP contribution in [0.5, 0.6) is 0 Å². The first-order valence-electron chi connectivity index (χ1n) is 25.4. The third kappa shape index (κ3) is 10.5. The highest BCUT2D eigenvalue weighted by molar-refractivity contribution is 7.89. The van der Waals surface area contributed by atoms with E-state index in [1.807, 2.05) is 49.4 Å². The van der Waals surface area contributed by atoms with Crippen LogP contribution in [0, 0.1) is 19.7 Å². The van der Waals surface area contributed by atoms with Crippen LogP contribution in [0.25, 0.3) is 44.3 Å². The van der Waals surface area contributed by atoms with E-state index in [4.69, 9.17) is 0 Å². The predicted molar refractivity (Wildman–Crippen MR) is 298 cm³/mol. The van der Waals surface area contributed by atoms with Crippen LogP contribution < -0.4 is 14.7 Å². The highest BCUT2D eigenvalue weighted by Crippen LogP contribution is 2.43. The second-order valence-electron chi connectivity index (χ2n) is 20.3. The van der Waals surface area contributed by atoms with Gasteiger partial charge in [0.15, 0.2) is 0 Å². The smallest absolute Gasteiger partial charge is 0.243 e. The van der Waals surface area contributed by atoms with Crippen LogP contribution in [0.15, 0.2) is 137 Å². The van der Waals surface area contributed by atoms with Crippen molar-refractivity contribution in [2.24, 2.45) is 0 Å². The normalized spacial score (nSPS) is 15.2. The Morgan fingerprint density at radius 3 is 1.97 bits per heavy atom. The summed E-state index contributed by atoms with van der Waals surface area (Å²) in [5.74, 6) is -1.31. The van der Waals surface area contributed by atoms with Crippen molar-refractivity contribution in [2.45, 2.75) is 55.4 Å². The van der Waals surface area contributed by atoms with Crippen LogP contribution in [0.3, 0.4) is 0 Å². The predicted octanol–water partition coefficient (Wildman–Crippen LogP) is 9.29. The van der Waals surface area contributed by atoms with E-state index in [9.17, 15) is 30.8 Å². The lowest BCUT2D eigenvalue weighted by Crippen LogP contribution is -2.39. The SMILES string of the molecule is Cc1ccc2cc(-c3cc(S(=O)(=O)N(C)CC(=O)N(C)c4cccc(F)c4)ccc3N3CCC(c4cc(C)cc5[nH]c(-c6cc(S(=O)(=O)N(C)CC(=O)N(C)Cc7ccccn7)ccc6N6CCCC6)cc45)C3)[nH]c2c1. The van der Waals surface area contributed by atoms with Gasteiger partial charge in [0.1, 0.15) is 5.82 Å². The van der Waals surface area contributed by atoms with E-state index in [-0.39, 0.29) is 34.7 Å². The number of nitrogens with zero attached hydrogens (tertiary/aromatic N) is 7. The van der Waals surface area contributed by atoms with Gasteiger partial charge in [-0.3, -0.25) is 14.6 Å². The maximum atomic E-state index is 14.3. The average Bonchev–Trinajstić information content (AvgIpc) is 4.27. The number of benzene rings is 5. The molecule has 0 bridgehead atoms. The zero-order valence-electron chi connectivity index (χ0n) is 43.5. The van der Waals surface area contributed by atoms with E-state index in [1.54, 1.807) is 49.6 Å². The fraction of sp³-hybridized carbons (Fsp3) is 0.293. The first-order chi connectivity index (χ1) is 36.3. The van der Waals surface area contributed by atoms with Gasteiger partial charge < -0.3 is 29.6 Å². The second-order valence-corrected chi connectivity index (χ2v) is 24.4. The van der Waals surface area contributed by atoms with E-state index < -0.39 is 38.3 Å². The number of carbonyl (C=O) groups excluding carboxylic acids is 2. The van der Waals surface area contributed by atoms with Crippen LogP contribution in [-0.4, -0.2) is 125 Å². The van der Waals surface area contributed by atoms with Gasteiger partial charge in [-0.1, -0.05) is 30.3 Å². The van der Waals surface area contributed by atoms with Gasteiger partial charge in [0.25, 0.3) is 0 Å². The number of rotatable bonds is 16. The van der Waals surface area contributed by atoms with E-state index in [0.717, 1.165) is 108 Å². The number of anilines is 3. The molecular formula is C58H62FN9O6S2. The minimum Gasteiger partial charge on any atom is -0.371 e. The lowest BCUT2D eigenvalue weighted by atomic mass is 9.93. The first-order valence-corrected chi connectivity index (χ1v) is 28.3. The van der Waals surface area contributed by atoms with Gasteiger partial charge in [-0.05, 0) is 141 Å². The molecule has 8 aromatic rings. The van der Waals surface area contributed by atoms with Crippen molar-refractivity contribution < 1.29 is 30.8 Å². The van der Waals surface area contributed by atoms with E-state index in [2.05, 4.69) is 55.9 Å². The van der Waals surface area contributed by atoms with Gasteiger partial charge in [-0.2, -0.15) is 8.61 Å². The van der Waals surface area contributed by atoms with Gasteiger partial charge >= 0.3 is 0 Å². The summed E-state index contributed by atoms with van der Waals surface area (Å²) in [6.07, 6.45) is 4.52. The summed E-state index contributed by atoms with van der Waals surface area (Å²) < 4.78 is 73.4. The molecule has 0 radical (unpaired) electrons. The quantitative estimate of drug-likeness (QED) is 0.0959. The fourth-order valence-corrected chi connectivity index (χ4v) is 12.9. The number of halogens is 1. The van der Waals surface area contributed by atoms with Crippen LogP contribution in [0.4, 0.5) is 21.5 Å². The Balaban J connectivity index is 0.951. The zero-order chi connectivity index (χ0) is 53.6. The Kier molecular flexibility index (Phi) is 14.4. The Morgan fingerprint density at radius 2 is 1.30 bits per heavy atom. The minimum atomic E-state index is -4.19. The number of sulfonamides is 2. The number of nitrogens with one attached hydrogen (secondary N) is 2. The molecule has 2 N–H and O–H groups in total. The van der Waals surface area contributed by atoms with Gasteiger partial charge in [0.05, 0.1) is 35.1 Å². The summed E-state index contributed by atoms with van der Waals surface area (Å²) in [6.45, 7) is 6.54. The van der Waals surface area contributed by atoms with Crippen molar-refractivity contribution in [2.75, 3.05) is 82.2 Å². The highest BCUT2D eigenvalue weighted by Gasteiger charge is 2.32. The summed E-state index contributed by atoms with van der Waals surface area (Å²) >= 11 is 0. The Labute approximate surface area is 443 Å². The van der Waals surface area contributed by atoms with Gasteiger partial charge in [-0.25, -0.2) is 21.2 Å². The van der Waals surface area contributed by atoms with Crippen molar-refractivity contribution in [3.8, 4) is 22.5 Å². The number of aromatic amines is 2. The molecule has 1 unspecified atom stereocenters. The van der Waals surface area contributed by atoms with Crippen LogP contribution in [0.1, 0.15) is 47.6 Å². The fourth-order valence-electron chi connectivity index (χ4n) is 10.6. The molecule has 0 saturated carbocycles. The maximum Gasteiger partial charge on any atom is 0.243 e. The lowest BCUT2D eigenvalue weighted by molar-refractivity contribution is -0.130. The van der Waals surface area contributed by atoms with Crippen molar-refractivity contribution in [3.05, 3.63) is 156 Å². The zero-order valence-corrected chi connectivity index (χ0v) is 45.2. The van der Waals surface area contributed by atoms with Gasteiger partial charge in [0, 0.05) is 128 Å². The summed E-state index contributed by atoms with van der Waals surface area (Å²) in [4.78, 5) is 45.7. The summed E-state index contributed by atoms with van der Waals surface area (Å²) in [6, 6.07) is 36.1. The third-order valence-corrected chi connectivity index (χ3v) is 18.5. The number of H-pyrrole nitrogens is 2. The molecule has 0 aliphatic carbocycles. The van der Waals surface area contributed by atoms with Crippen LogP contribution in [0.2, 0.25) is 0 Å². The number of amides is 2. The topological polar surface area (TPSA) is 166 Å². The number of aryl methyl sites for hydroxylation is 2. The Hall–Kier alpha value is -7.38. The highest BCUT2D eigenvalue weighted by atomic mass is 32.2. The van der Waals surface area contributed by atoms with E-state index >= 15 is 0 Å². The summed E-state index contributed by atoms with van der Waals surface area (Å²) in [5, 5.41) is 2.01. The molecule has 2 aliphatic heterocycles. The molecule has 0 spiro atoms. The van der Waals surface area contributed by atoms with Crippen molar-refractivity contribution >= 4 is 70.7 Å². The molecule has 1 atom stereocenters. The lowest BCUT2D eigenvalue weighted by Gasteiger charge is -2.25. The molecule has 15 nitrogen and oxygen atoms in total.